The Morgan fingerprint density at radius 2 is 1.67 bits per heavy atom. The molecule has 0 fully saturated rings. The molecule has 96 valence electrons. The molecule has 2 rings (SSSR count). The van der Waals surface area contributed by atoms with Crippen LogP contribution in [0.5, 0.6) is 0 Å². The van der Waals surface area contributed by atoms with Crippen molar-refractivity contribution < 1.29 is 0 Å². The second-order valence-corrected chi connectivity index (χ2v) is 8.40. The first-order chi connectivity index (χ1) is 8.81. The first-order valence-corrected chi connectivity index (χ1v) is 9.85. The van der Waals surface area contributed by atoms with Gasteiger partial charge in [-0.3, -0.25) is 0 Å². The number of hydrogen-bond donors (Lipinski definition) is 0. The first kappa shape index (κ1) is 13.4. The van der Waals surface area contributed by atoms with Gasteiger partial charge in [0.2, 0.25) is 0 Å². The molecule has 0 nitrogen and oxygen atoms in total. The number of benzene rings is 2. The monoisotopic (exact) mass is 256 g/mol. The van der Waals surface area contributed by atoms with Crippen LogP contribution in [0.3, 0.4) is 0 Å². The lowest BCUT2D eigenvalue weighted by molar-refractivity contribution is 0.699. The average Bonchev–Trinajstić information content (AvgIpc) is 2.43. The Kier molecular flexibility index (Phi) is 5.00. The molecule has 1 atom stereocenters. The van der Waals surface area contributed by atoms with Crippen molar-refractivity contribution in [1.82, 2.24) is 0 Å². The Labute approximate surface area is 113 Å². The summed E-state index contributed by atoms with van der Waals surface area (Å²) in [6, 6.07) is 17.2. The summed E-state index contributed by atoms with van der Waals surface area (Å²) in [7, 11) is -0.711. The molecule has 0 aromatic heterocycles. The maximum absolute atomic E-state index is 2.50. The molecular weight excluding hydrogens is 232 g/mol. The lowest BCUT2D eigenvalue weighted by Crippen LogP contribution is -2.25. The molecule has 0 radical (unpaired) electrons. The van der Waals surface area contributed by atoms with Crippen LogP contribution in [0.15, 0.2) is 42.5 Å². The van der Waals surface area contributed by atoms with Crippen molar-refractivity contribution in [3.63, 3.8) is 0 Å². The molecule has 0 heterocycles. The third-order valence-corrected chi connectivity index (χ3v) is 6.60. The molecule has 0 aliphatic carbocycles. The van der Waals surface area contributed by atoms with E-state index in [-0.39, 0.29) is 0 Å². The number of hydrogen-bond acceptors (Lipinski definition) is 0. The van der Waals surface area contributed by atoms with Gasteiger partial charge in [-0.1, -0.05) is 92.8 Å². The second-order valence-electron chi connectivity index (χ2n) is 5.36. The van der Waals surface area contributed by atoms with Crippen molar-refractivity contribution in [1.29, 1.82) is 0 Å². The zero-order valence-electron chi connectivity index (χ0n) is 11.7. The molecule has 0 N–H and O–H groups in total. The van der Waals surface area contributed by atoms with E-state index in [1.807, 2.05) is 0 Å². The SMILES string of the molecule is CCCCCC[Si@@H](C)c1ccc2ccccc2c1. The van der Waals surface area contributed by atoms with Crippen molar-refractivity contribution in [3.05, 3.63) is 42.5 Å². The molecule has 0 bridgehead atoms. The molecule has 0 spiro atoms. The lowest BCUT2D eigenvalue weighted by atomic mass is 10.1. The van der Waals surface area contributed by atoms with Gasteiger partial charge in [-0.25, -0.2) is 0 Å². The summed E-state index contributed by atoms with van der Waals surface area (Å²) in [4.78, 5) is 0. The van der Waals surface area contributed by atoms with Crippen LogP contribution in [0.25, 0.3) is 10.8 Å². The van der Waals surface area contributed by atoms with Gasteiger partial charge in [0, 0.05) is 0 Å². The molecular formula is C17H24Si. The Bertz CT molecular complexity index is 490. The minimum atomic E-state index is -0.711. The normalized spacial score (nSPS) is 12.8. The molecule has 18 heavy (non-hydrogen) atoms. The van der Waals surface area contributed by atoms with Crippen LogP contribution in [0, 0.1) is 0 Å². The van der Waals surface area contributed by atoms with Gasteiger partial charge in [-0.15, -0.1) is 0 Å². The van der Waals surface area contributed by atoms with Gasteiger partial charge in [0.25, 0.3) is 0 Å². The Hall–Kier alpha value is -1.08. The molecule has 0 aliphatic rings. The van der Waals surface area contributed by atoms with E-state index in [9.17, 15) is 0 Å². The highest BCUT2D eigenvalue weighted by Gasteiger charge is 2.07. The molecule has 0 amide bonds. The van der Waals surface area contributed by atoms with E-state index in [0.717, 1.165) is 0 Å². The zero-order valence-corrected chi connectivity index (χ0v) is 12.8. The van der Waals surface area contributed by atoms with E-state index in [1.165, 1.54) is 42.5 Å². The van der Waals surface area contributed by atoms with Crippen molar-refractivity contribution in [2.24, 2.45) is 0 Å². The predicted octanol–water partition coefficient (Wildman–Crippen LogP) is 4.48. The highest BCUT2D eigenvalue weighted by atomic mass is 28.3. The molecule has 0 unspecified atom stereocenters. The highest BCUT2D eigenvalue weighted by molar-refractivity contribution is 6.72. The average molecular weight is 256 g/mol. The minimum Gasteiger partial charge on any atom is -0.0680 e. The Morgan fingerprint density at radius 3 is 2.44 bits per heavy atom. The summed E-state index contributed by atoms with van der Waals surface area (Å²) in [6.07, 6.45) is 5.58. The molecule has 0 saturated heterocycles. The Morgan fingerprint density at radius 1 is 0.889 bits per heavy atom. The van der Waals surface area contributed by atoms with Crippen LogP contribution in [0.1, 0.15) is 32.6 Å². The van der Waals surface area contributed by atoms with Crippen molar-refractivity contribution in [2.75, 3.05) is 0 Å². The molecule has 1 heteroatoms. The van der Waals surface area contributed by atoms with E-state index in [4.69, 9.17) is 0 Å². The smallest absolute Gasteiger partial charge is 0.0678 e. The first-order valence-electron chi connectivity index (χ1n) is 7.30. The largest absolute Gasteiger partial charge is 0.0680 e. The quantitative estimate of drug-likeness (QED) is 0.528. The summed E-state index contributed by atoms with van der Waals surface area (Å²) in [6.45, 7) is 4.78. The van der Waals surface area contributed by atoms with Gasteiger partial charge in [0.15, 0.2) is 0 Å². The van der Waals surface area contributed by atoms with Gasteiger partial charge in [-0.2, -0.15) is 0 Å². The summed E-state index contributed by atoms with van der Waals surface area (Å²) in [5, 5.41) is 4.40. The number of rotatable bonds is 6. The van der Waals surface area contributed by atoms with Gasteiger partial charge < -0.3 is 0 Å². The molecule has 0 aliphatic heterocycles. The number of unbranched alkanes of at least 4 members (excludes halogenated alkanes) is 3. The van der Waals surface area contributed by atoms with E-state index in [2.05, 4.69) is 55.9 Å². The van der Waals surface area contributed by atoms with Crippen molar-refractivity contribution in [2.45, 2.75) is 45.2 Å². The highest BCUT2D eigenvalue weighted by Crippen LogP contribution is 2.13. The Balaban J connectivity index is 2.01. The zero-order chi connectivity index (χ0) is 12.8. The fourth-order valence-corrected chi connectivity index (χ4v) is 4.68. The summed E-state index contributed by atoms with van der Waals surface area (Å²) >= 11 is 0. The molecule has 2 aromatic carbocycles. The van der Waals surface area contributed by atoms with Crippen LogP contribution in [-0.4, -0.2) is 8.80 Å². The van der Waals surface area contributed by atoms with Crippen LogP contribution in [0.4, 0.5) is 0 Å². The summed E-state index contributed by atoms with van der Waals surface area (Å²) < 4.78 is 0. The summed E-state index contributed by atoms with van der Waals surface area (Å²) in [5.41, 5.74) is 0. The molecule has 2 aromatic rings. The van der Waals surface area contributed by atoms with Crippen LogP contribution in [-0.2, 0) is 0 Å². The summed E-state index contributed by atoms with van der Waals surface area (Å²) in [5.74, 6) is 0. The fourth-order valence-electron chi connectivity index (χ4n) is 2.56. The lowest BCUT2D eigenvalue weighted by Gasteiger charge is -2.11. The fraction of sp³-hybridized carbons (Fsp3) is 0.412. The van der Waals surface area contributed by atoms with Crippen LogP contribution < -0.4 is 5.19 Å². The van der Waals surface area contributed by atoms with E-state index >= 15 is 0 Å². The van der Waals surface area contributed by atoms with Gasteiger partial charge in [0.05, 0.1) is 8.80 Å². The van der Waals surface area contributed by atoms with Crippen LogP contribution >= 0.6 is 0 Å². The van der Waals surface area contributed by atoms with Gasteiger partial charge in [-0.05, 0) is 10.8 Å². The van der Waals surface area contributed by atoms with Crippen LogP contribution in [0.2, 0.25) is 12.6 Å². The number of fused-ring (bicyclic) bond motifs is 1. The standard InChI is InChI=1S/C17H24Si/c1-3-4-5-8-13-18(2)17-12-11-15-9-6-7-10-16(15)14-17/h6-7,9-12,14,18H,3-5,8,13H2,1-2H3/t18-/m1/s1. The van der Waals surface area contributed by atoms with Crippen molar-refractivity contribution in [3.8, 4) is 0 Å². The third-order valence-electron chi connectivity index (χ3n) is 3.83. The minimum absolute atomic E-state index is 0.711. The second kappa shape index (κ2) is 6.74. The van der Waals surface area contributed by atoms with E-state index in [1.54, 1.807) is 5.19 Å². The topological polar surface area (TPSA) is 0 Å². The maximum atomic E-state index is 2.50. The molecule has 0 saturated carbocycles. The predicted molar refractivity (Wildman–Crippen MR) is 85.5 cm³/mol. The van der Waals surface area contributed by atoms with E-state index < -0.39 is 8.80 Å². The van der Waals surface area contributed by atoms with E-state index in [0.29, 0.717) is 0 Å². The van der Waals surface area contributed by atoms with Gasteiger partial charge in [0.1, 0.15) is 0 Å². The third kappa shape index (κ3) is 3.46. The van der Waals surface area contributed by atoms with Crippen molar-refractivity contribution >= 4 is 24.8 Å². The maximum Gasteiger partial charge on any atom is 0.0678 e. The van der Waals surface area contributed by atoms with Gasteiger partial charge >= 0.3 is 0 Å².